The predicted octanol–water partition coefficient (Wildman–Crippen LogP) is 2.21. The summed E-state index contributed by atoms with van der Waals surface area (Å²) in [6, 6.07) is 8.67. The molecule has 92 valence electrons. The Morgan fingerprint density at radius 1 is 1.39 bits per heavy atom. The maximum Gasteiger partial charge on any atom is 0.356 e. The number of aromatic amines is 1. The monoisotopic (exact) mass is 263 g/mol. The van der Waals surface area contributed by atoms with E-state index in [4.69, 9.17) is 27.8 Å². The molecule has 0 radical (unpaired) electrons. The van der Waals surface area contributed by atoms with Gasteiger partial charge in [-0.15, -0.1) is 0 Å². The van der Waals surface area contributed by atoms with Gasteiger partial charge in [-0.2, -0.15) is 4.98 Å². The van der Waals surface area contributed by atoms with Gasteiger partial charge in [0.2, 0.25) is 0 Å². The highest BCUT2D eigenvalue weighted by Crippen LogP contribution is 2.28. The number of nitrogens with one attached hydrogen (secondary N) is 1. The number of nitrogens with zero attached hydrogens (tertiary/aromatic N) is 1. The van der Waals surface area contributed by atoms with Crippen molar-refractivity contribution >= 4 is 24.0 Å². The molecule has 1 aromatic carbocycles. The second-order valence-electron chi connectivity index (χ2n) is 3.35. The molecule has 0 aliphatic carbocycles. The third-order valence-electron chi connectivity index (χ3n) is 2.09. The molecule has 0 aliphatic rings. The normalized spacial score (nSPS) is 10.0. The van der Waals surface area contributed by atoms with Gasteiger partial charge in [0.25, 0.3) is 0 Å². The third-order valence-corrected chi connectivity index (χ3v) is 2.28. The molecule has 1 aromatic heterocycles. The lowest BCUT2D eigenvalue weighted by Gasteiger charge is -2.10. The zero-order chi connectivity index (χ0) is 13.1. The van der Waals surface area contributed by atoms with Crippen molar-refractivity contribution in [3.05, 3.63) is 40.8 Å². The highest BCUT2D eigenvalue weighted by molar-refractivity contribution is 7.71. The first-order chi connectivity index (χ1) is 8.58. The SMILES string of the molecule is Nc1nc(=S)[nH]c(C(=O)O)c1Oc1ccccc1. The Balaban J connectivity index is 2.50. The van der Waals surface area contributed by atoms with Crippen LogP contribution < -0.4 is 10.5 Å². The van der Waals surface area contributed by atoms with Gasteiger partial charge in [0.15, 0.2) is 22.0 Å². The van der Waals surface area contributed by atoms with Crippen LogP contribution in [0.15, 0.2) is 30.3 Å². The van der Waals surface area contributed by atoms with Crippen LogP contribution in [0, 0.1) is 4.77 Å². The number of carbonyl (C=O) groups is 1. The molecule has 1 heterocycles. The Hall–Kier alpha value is -2.41. The van der Waals surface area contributed by atoms with Crippen LogP contribution in [-0.2, 0) is 0 Å². The van der Waals surface area contributed by atoms with Gasteiger partial charge in [-0.05, 0) is 24.4 Å². The minimum absolute atomic E-state index is 0.00897. The summed E-state index contributed by atoms with van der Waals surface area (Å²) < 4.78 is 5.40. The molecule has 4 N–H and O–H groups in total. The lowest BCUT2D eigenvalue weighted by Crippen LogP contribution is -2.08. The summed E-state index contributed by atoms with van der Waals surface area (Å²) in [6.07, 6.45) is 0. The zero-order valence-electron chi connectivity index (χ0n) is 9.08. The highest BCUT2D eigenvalue weighted by atomic mass is 32.1. The summed E-state index contributed by atoms with van der Waals surface area (Å²) in [6.45, 7) is 0. The Morgan fingerprint density at radius 2 is 2.06 bits per heavy atom. The van der Waals surface area contributed by atoms with Crippen molar-refractivity contribution in [2.45, 2.75) is 0 Å². The van der Waals surface area contributed by atoms with E-state index in [2.05, 4.69) is 9.97 Å². The first-order valence-corrected chi connectivity index (χ1v) is 5.34. The molecule has 0 atom stereocenters. The topological polar surface area (TPSA) is 101 Å². The molecule has 0 spiro atoms. The van der Waals surface area contributed by atoms with Gasteiger partial charge in [0.1, 0.15) is 5.75 Å². The molecule has 0 bridgehead atoms. The fourth-order valence-electron chi connectivity index (χ4n) is 1.34. The van der Waals surface area contributed by atoms with Crippen molar-refractivity contribution in [2.75, 3.05) is 5.73 Å². The van der Waals surface area contributed by atoms with Crippen LogP contribution in [0.1, 0.15) is 10.5 Å². The van der Waals surface area contributed by atoms with Gasteiger partial charge >= 0.3 is 5.97 Å². The van der Waals surface area contributed by atoms with Crippen molar-refractivity contribution in [3.8, 4) is 11.5 Å². The molecule has 18 heavy (non-hydrogen) atoms. The Labute approximate surface area is 107 Å². The largest absolute Gasteiger partial charge is 0.476 e. The number of hydrogen-bond donors (Lipinski definition) is 3. The van der Waals surface area contributed by atoms with Crippen LogP contribution in [0.2, 0.25) is 0 Å². The number of carboxylic acid groups (broad SMARTS) is 1. The van der Waals surface area contributed by atoms with E-state index in [-0.39, 0.29) is 22.0 Å². The average molecular weight is 263 g/mol. The van der Waals surface area contributed by atoms with Crippen molar-refractivity contribution in [2.24, 2.45) is 0 Å². The fourth-order valence-corrected chi connectivity index (χ4v) is 1.54. The zero-order valence-corrected chi connectivity index (χ0v) is 9.90. The van der Waals surface area contributed by atoms with Crippen molar-refractivity contribution in [1.29, 1.82) is 0 Å². The molecule has 0 aliphatic heterocycles. The van der Waals surface area contributed by atoms with Gasteiger partial charge in [0, 0.05) is 0 Å². The lowest BCUT2D eigenvalue weighted by atomic mass is 10.3. The van der Waals surface area contributed by atoms with Crippen LogP contribution in [0.25, 0.3) is 0 Å². The molecule has 0 unspecified atom stereocenters. The molecule has 0 fully saturated rings. The summed E-state index contributed by atoms with van der Waals surface area (Å²) in [7, 11) is 0. The summed E-state index contributed by atoms with van der Waals surface area (Å²) in [4.78, 5) is 17.3. The number of aromatic carboxylic acids is 1. The first-order valence-electron chi connectivity index (χ1n) is 4.94. The maximum atomic E-state index is 11.1. The number of benzene rings is 1. The predicted molar refractivity (Wildman–Crippen MR) is 67.3 cm³/mol. The Bertz CT molecular complexity index is 640. The van der Waals surface area contributed by atoms with Crippen molar-refractivity contribution in [3.63, 3.8) is 0 Å². The molecule has 0 saturated heterocycles. The van der Waals surface area contributed by atoms with E-state index in [9.17, 15) is 4.79 Å². The minimum atomic E-state index is -1.22. The number of rotatable bonds is 3. The second-order valence-corrected chi connectivity index (χ2v) is 3.74. The number of aromatic nitrogens is 2. The van der Waals surface area contributed by atoms with E-state index in [0.717, 1.165) is 0 Å². The molecular weight excluding hydrogens is 254 g/mol. The van der Waals surface area contributed by atoms with Gasteiger partial charge in [-0.25, -0.2) is 4.79 Å². The molecule has 7 heteroatoms. The summed E-state index contributed by atoms with van der Waals surface area (Å²) in [5, 5.41) is 9.05. The molecular formula is C11H9N3O3S. The first kappa shape index (κ1) is 12.1. The summed E-state index contributed by atoms with van der Waals surface area (Å²) in [5.41, 5.74) is 5.40. The number of carboxylic acids is 1. The van der Waals surface area contributed by atoms with Gasteiger partial charge < -0.3 is 20.6 Å². The van der Waals surface area contributed by atoms with Gasteiger partial charge in [0.05, 0.1) is 0 Å². The van der Waals surface area contributed by atoms with Crippen molar-refractivity contribution in [1.82, 2.24) is 9.97 Å². The lowest BCUT2D eigenvalue weighted by molar-refractivity contribution is 0.0687. The molecule has 2 rings (SSSR count). The van der Waals surface area contributed by atoms with Crippen LogP contribution in [0.4, 0.5) is 5.82 Å². The smallest absolute Gasteiger partial charge is 0.356 e. The molecule has 0 saturated carbocycles. The number of nitrogen functional groups attached to an aromatic ring is 1. The fraction of sp³-hybridized carbons (Fsp3) is 0. The number of nitrogens with two attached hydrogens (primary N) is 1. The van der Waals surface area contributed by atoms with E-state index in [1.54, 1.807) is 24.3 Å². The number of para-hydroxylation sites is 1. The average Bonchev–Trinajstić information content (AvgIpc) is 2.33. The molecule has 0 amide bonds. The van der Waals surface area contributed by atoms with Crippen molar-refractivity contribution < 1.29 is 14.6 Å². The van der Waals surface area contributed by atoms with Crippen LogP contribution in [-0.4, -0.2) is 21.0 Å². The van der Waals surface area contributed by atoms with Crippen LogP contribution in [0.5, 0.6) is 11.5 Å². The molecule has 2 aromatic rings. The van der Waals surface area contributed by atoms with Gasteiger partial charge in [-0.1, -0.05) is 18.2 Å². The van der Waals surface area contributed by atoms with E-state index in [0.29, 0.717) is 5.75 Å². The van der Waals surface area contributed by atoms with E-state index < -0.39 is 5.97 Å². The third kappa shape index (κ3) is 2.46. The maximum absolute atomic E-state index is 11.1. The molecule has 6 nitrogen and oxygen atoms in total. The second kappa shape index (κ2) is 4.84. The van der Waals surface area contributed by atoms with E-state index in [1.807, 2.05) is 6.07 Å². The highest BCUT2D eigenvalue weighted by Gasteiger charge is 2.17. The number of H-pyrrole nitrogens is 1. The number of anilines is 1. The quantitative estimate of drug-likeness (QED) is 0.734. The Kier molecular flexibility index (Phi) is 3.24. The summed E-state index contributed by atoms with van der Waals surface area (Å²) in [5.74, 6) is -0.887. The van der Waals surface area contributed by atoms with E-state index >= 15 is 0 Å². The van der Waals surface area contributed by atoms with E-state index in [1.165, 1.54) is 0 Å². The summed E-state index contributed by atoms with van der Waals surface area (Å²) >= 11 is 4.76. The number of ether oxygens (including phenoxy) is 1. The van der Waals surface area contributed by atoms with Crippen LogP contribution in [0.3, 0.4) is 0 Å². The Morgan fingerprint density at radius 3 is 2.67 bits per heavy atom. The minimum Gasteiger partial charge on any atom is -0.476 e. The van der Waals surface area contributed by atoms with Crippen LogP contribution >= 0.6 is 12.2 Å². The number of hydrogen-bond acceptors (Lipinski definition) is 5. The van der Waals surface area contributed by atoms with Gasteiger partial charge in [-0.3, -0.25) is 0 Å². The standard InChI is InChI=1S/C11H9N3O3S/c12-9-8(17-6-4-2-1-3-5-6)7(10(15)16)13-11(18)14-9/h1-5H,(H,15,16)(H3,12,13,14,18).